The molecule has 1 aliphatic carbocycles. The lowest BCUT2D eigenvalue weighted by atomic mass is 10.0. The van der Waals surface area contributed by atoms with E-state index >= 15 is 0 Å². The largest absolute Gasteiger partial charge is 0.461 e. The molecule has 3 aromatic rings. The number of anilines is 2. The standard InChI is InChI=1S/C33H36ClFN6O3/c1-22(44-25-11-12-25)21-43-33-37-28-20-39(29-9-4-7-23-6-3-8-27(34)31(23)29)15-13-26(28)32(38-33)40-16-17-41(24(19-40)18-36-2)30(42)10-5-14-35/h3-10,22,24-25H,11-21H2,1H3/b10-5+/t22-,24+/m1/s1. The molecule has 0 spiro atoms. The summed E-state index contributed by atoms with van der Waals surface area (Å²) in [6.07, 6.45) is 5.56. The van der Waals surface area contributed by atoms with Gasteiger partial charge in [0.2, 0.25) is 12.5 Å². The van der Waals surface area contributed by atoms with E-state index in [1.807, 2.05) is 25.1 Å². The van der Waals surface area contributed by atoms with Crippen LogP contribution in [0.25, 0.3) is 15.6 Å². The molecule has 3 aliphatic rings. The van der Waals surface area contributed by atoms with Crippen molar-refractivity contribution in [1.82, 2.24) is 14.9 Å². The number of carbonyl (C=O) groups excluding carboxylic acids is 1. The number of hydrogen-bond acceptors (Lipinski definition) is 7. The van der Waals surface area contributed by atoms with E-state index in [2.05, 4.69) is 32.8 Å². The zero-order chi connectivity index (χ0) is 30.6. The highest BCUT2D eigenvalue weighted by molar-refractivity contribution is 6.36. The molecule has 0 unspecified atom stereocenters. The van der Waals surface area contributed by atoms with Crippen LogP contribution in [0.15, 0.2) is 48.6 Å². The van der Waals surface area contributed by atoms with Crippen molar-refractivity contribution < 1.29 is 18.7 Å². The lowest BCUT2D eigenvalue weighted by molar-refractivity contribution is -0.128. The maximum atomic E-state index is 12.8. The molecule has 0 bridgehead atoms. The van der Waals surface area contributed by atoms with Crippen LogP contribution in [0, 0.1) is 6.57 Å². The molecule has 6 rings (SSSR count). The van der Waals surface area contributed by atoms with Gasteiger partial charge in [0.15, 0.2) is 0 Å². The van der Waals surface area contributed by atoms with Crippen LogP contribution in [-0.2, 0) is 22.5 Å². The molecule has 2 aromatic carbocycles. The Morgan fingerprint density at radius 3 is 2.77 bits per heavy atom. The fraction of sp³-hybridized carbons (Fsp3) is 0.455. The second-order valence-electron chi connectivity index (χ2n) is 11.5. The van der Waals surface area contributed by atoms with Crippen molar-refractivity contribution in [1.29, 1.82) is 0 Å². The van der Waals surface area contributed by atoms with E-state index in [9.17, 15) is 9.18 Å². The monoisotopic (exact) mass is 618 g/mol. The first-order valence-corrected chi connectivity index (χ1v) is 15.5. The molecular weight excluding hydrogens is 583 g/mol. The SMILES string of the molecule is [C-]#[N+]C[C@H]1CN(c2nc(OC[C@@H](C)OC3CC3)nc3c2CCN(c2cccc4cccc(Cl)c24)C3)CCN1C(=O)/C=C/CF. The number of rotatable bonds is 10. The Kier molecular flexibility index (Phi) is 9.14. The maximum absolute atomic E-state index is 12.8. The summed E-state index contributed by atoms with van der Waals surface area (Å²) in [6, 6.07) is 12.1. The van der Waals surface area contributed by atoms with Crippen LogP contribution in [0.2, 0.25) is 5.02 Å². The van der Waals surface area contributed by atoms with Crippen molar-refractivity contribution in [3.63, 3.8) is 0 Å². The Balaban J connectivity index is 1.31. The van der Waals surface area contributed by atoms with E-state index in [0.717, 1.165) is 52.9 Å². The molecule has 44 heavy (non-hydrogen) atoms. The molecular formula is C33H36ClFN6O3. The van der Waals surface area contributed by atoms with Crippen LogP contribution in [-0.4, -0.2) is 85.0 Å². The minimum Gasteiger partial charge on any atom is -0.461 e. The molecule has 2 aliphatic heterocycles. The van der Waals surface area contributed by atoms with Gasteiger partial charge in [-0.05, 0) is 49.8 Å². The summed E-state index contributed by atoms with van der Waals surface area (Å²) in [6.45, 7) is 11.9. The Labute approximate surface area is 262 Å². The first kappa shape index (κ1) is 30.1. The number of aromatic nitrogens is 2. The topological polar surface area (TPSA) is 75.4 Å². The van der Waals surface area contributed by atoms with Crippen molar-refractivity contribution in [2.24, 2.45) is 0 Å². The molecule has 2 atom stereocenters. The van der Waals surface area contributed by atoms with Crippen LogP contribution < -0.4 is 14.5 Å². The fourth-order valence-corrected chi connectivity index (χ4v) is 6.34. The summed E-state index contributed by atoms with van der Waals surface area (Å²) in [4.78, 5) is 32.3. The van der Waals surface area contributed by atoms with Gasteiger partial charge in [0.25, 0.3) is 0 Å². The minimum atomic E-state index is -0.707. The number of ether oxygens (including phenoxy) is 2. The maximum Gasteiger partial charge on any atom is 0.318 e. The van der Waals surface area contributed by atoms with Gasteiger partial charge < -0.3 is 29.0 Å². The summed E-state index contributed by atoms with van der Waals surface area (Å²) >= 11 is 6.68. The Morgan fingerprint density at radius 2 is 2.00 bits per heavy atom. The molecule has 3 heterocycles. The third kappa shape index (κ3) is 6.59. The molecule has 9 nitrogen and oxygen atoms in total. The molecule has 1 aromatic heterocycles. The van der Waals surface area contributed by atoms with Crippen molar-refractivity contribution in [2.75, 3.05) is 55.8 Å². The van der Waals surface area contributed by atoms with Crippen molar-refractivity contribution in [2.45, 2.75) is 51.0 Å². The summed E-state index contributed by atoms with van der Waals surface area (Å²) in [5, 5.41) is 2.81. The van der Waals surface area contributed by atoms with Gasteiger partial charge in [-0.3, -0.25) is 4.79 Å². The molecule has 2 fully saturated rings. The van der Waals surface area contributed by atoms with Gasteiger partial charge in [0.1, 0.15) is 25.1 Å². The van der Waals surface area contributed by atoms with Crippen LogP contribution in [0.3, 0.4) is 0 Å². The molecule has 230 valence electrons. The Morgan fingerprint density at radius 1 is 1.18 bits per heavy atom. The van der Waals surface area contributed by atoms with Gasteiger partial charge in [0.05, 0.1) is 29.5 Å². The quantitative estimate of drug-likeness (QED) is 0.227. The Bertz CT molecular complexity index is 1590. The number of fused-ring (bicyclic) bond motifs is 2. The predicted molar refractivity (Wildman–Crippen MR) is 169 cm³/mol. The van der Waals surface area contributed by atoms with E-state index in [4.69, 9.17) is 37.6 Å². The molecule has 0 radical (unpaired) electrons. The first-order chi connectivity index (χ1) is 21.4. The van der Waals surface area contributed by atoms with Gasteiger partial charge in [0, 0.05) is 48.9 Å². The normalized spacial score (nSPS) is 19.2. The summed E-state index contributed by atoms with van der Waals surface area (Å²) in [5.41, 5.74) is 2.97. The zero-order valence-corrected chi connectivity index (χ0v) is 25.5. The average molecular weight is 619 g/mol. The number of carbonyl (C=O) groups is 1. The van der Waals surface area contributed by atoms with Gasteiger partial charge >= 0.3 is 6.01 Å². The molecule has 1 saturated heterocycles. The minimum absolute atomic E-state index is 0.0881. The average Bonchev–Trinajstić information content (AvgIpc) is 3.86. The van der Waals surface area contributed by atoms with Crippen molar-refractivity contribution >= 4 is 39.8 Å². The number of allylic oxidation sites excluding steroid dienone is 1. The smallest absolute Gasteiger partial charge is 0.318 e. The zero-order valence-electron chi connectivity index (χ0n) is 24.8. The number of benzene rings is 2. The predicted octanol–water partition coefficient (Wildman–Crippen LogP) is 5.25. The first-order valence-electron chi connectivity index (χ1n) is 15.2. The third-order valence-electron chi connectivity index (χ3n) is 8.31. The molecule has 11 heteroatoms. The number of piperazine rings is 1. The van der Waals surface area contributed by atoms with E-state index in [0.29, 0.717) is 50.3 Å². The number of alkyl halides is 1. The van der Waals surface area contributed by atoms with Crippen LogP contribution in [0.1, 0.15) is 31.0 Å². The van der Waals surface area contributed by atoms with Gasteiger partial charge in [-0.1, -0.05) is 35.9 Å². The molecule has 1 saturated carbocycles. The van der Waals surface area contributed by atoms with E-state index in [-0.39, 0.29) is 30.6 Å². The molecule has 0 N–H and O–H groups in total. The fourth-order valence-electron chi connectivity index (χ4n) is 6.06. The number of halogens is 2. The number of nitrogens with zero attached hydrogens (tertiary/aromatic N) is 6. The number of hydrogen-bond donors (Lipinski definition) is 0. The summed E-state index contributed by atoms with van der Waals surface area (Å²) in [7, 11) is 0. The van der Waals surface area contributed by atoms with Crippen LogP contribution >= 0.6 is 11.6 Å². The highest BCUT2D eigenvalue weighted by Crippen LogP contribution is 2.37. The van der Waals surface area contributed by atoms with Crippen LogP contribution in [0.5, 0.6) is 6.01 Å². The summed E-state index contributed by atoms with van der Waals surface area (Å²) < 4.78 is 24.8. The van der Waals surface area contributed by atoms with E-state index in [1.165, 1.54) is 12.2 Å². The highest BCUT2D eigenvalue weighted by Gasteiger charge is 2.35. The van der Waals surface area contributed by atoms with Gasteiger partial charge in [-0.2, -0.15) is 9.97 Å². The van der Waals surface area contributed by atoms with Gasteiger partial charge in [-0.15, -0.1) is 0 Å². The lowest BCUT2D eigenvalue weighted by Crippen LogP contribution is -2.56. The second-order valence-corrected chi connectivity index (χ2v) is 11.9. The number of amides is 1. The lowest BCUT2D eigenvalue weighted by Gasteiger charge is -2.41. The van der Waals surface area contributed by atoms with Crippen LogP contribution in [0.4, 0.5) is 15.9 Å². The highest BCUT2D eigenvalue weighted by atomic mass is 35.5. The summed E-state index contributed by atoms with van der Waals surface area (Å²) in [5.74, 6) is 0.497. The second kappa shape index (κ2) is 13.4. The van der Waals surface area contributed by atoms with Crippen molar-refractivity contribution in [3.05, 3.63) is 76.2 Å². The molecule has 1 amide bonds. The Hall–Kier alpha value is -3.94. The third-order valence-corrected chi connectivity index (χ3v) is 8.62. The van der Waals surface area contributed by atoms with E-state index < -0.39 is 6.67 Å². The van der Waals surface area contributed by atoms with Crippen molar-refractivity contribution in [3.8, 4) is 6.01 Å². The van der Waals surface area contributed by atoms with E-state index in [1.54, 1.807) is 4.90 Å². The van der Waals surface area contributed by atoms with Gasteiger partial charge in [-0.25, -0.2) is 11.0 Å².